The minimum Gasteiger partial charge on any atom is -0.345 e. The van der Waals surface area contributed by atoms with E-state index in [2.05, 4.69) is 15.3 Å². The topological polar surface area (TPSA) is 92.9 Å². The van der Waals surface area contributed by atoms with E-state index in [1.807, 2.05) is 17.6 Å². The Hall–Kier alpha value is -1.89. The quantitative estimate of drug-likeness (QED) is 0.447. The molecule has 1 aliphatic rings. The molecule has 23 heavy (non-hydrogen) atoms. The summed E-state index contributed by atoms with van der Waals surface area (Å²) >= 11 is 12.1. The zero-order valence-corrected chi connectivity index (χ0v) is 13.7. The predicted molar refractivity (Wildman–Crippen MR) is 89.3 cm³/mol. The fourth-order valence-electron chi connectivity index (χ4n) is 2.62. The van der Waals surface area contributed by atoms with Gasteiger partial charge in [-0.3, -0.25) is 10.2 Å². The van der Waals surface area contributed by atoms with Crippen molar-refractivity contribution in [2.24, 2.45) is 5.84 Å². The van der Waals surface area contributed by atoms with Gasteiger partial charge in [-0.2, -0.15) is 0 Å². The molecule has 0 spiro atoms. The van der Waals surface area contributed by atoms with Crippen LogP contribution in [0.4, 0.5) is 5.95 Å². The average molecular weight is 352 g/mol. The molecule has 0 aliphatic heterocycles. The van der Waals surface area contributed by atoms with Crippen LogP contribution in [0.5, 0.6) is 0 Å². The summed E-state index contributed by atoms with van der Waals surface area (Å²) in [5.41, 5.74) is 3.13. The predicted octanol–water partition coefficient (Wildman–Crippen LogP) is 2.88. The molecule has 0 saturated heterocycles. The third-order valence-corrected chi connectivity index (χ3v) is 4.81. The maximum atomic E-state index is 11.4. The van der Waals surface area contributed by atoms with Crippen LogP contribution in [0.2, 0.25) is 10.0 Å². The smallest absolute Gasteiger partial charge is 0.268 e. The van der Waals surface area contributed by atoms with Gasteiger partial charge in [0.25, 0.3) is 5.91 Å². The molecule has 0 unspecified atom stereocenters. The number of hydrogen-bond acceptors (Lipinski definition) is 5. The fourth-order valence-corrected chi connectivity index (χ4v) is 2.92. The van der Waals surface area contributed by atoms with Crippen LogP contribution in [-0.4, -0.2) is 15.9 Å². The minimum absolute atomic E-state index is 0.258. The zero-order valence-electron chi connectivity index (χ0n) is 12.1. The Bertz CT molecular complexity index is 731. The number of benzene rings is 1. The molecule has 2 aromatic rings. The third kappa shape index (κ3) is 3.10. The van der Waals surface area contributed by atoms with Gasteiger partial charge in [0.05, 0.1) is 21.1 Å². The number of nitrogen functional groups attached to an aromatic ring is 1. The van der Waals surface area contributed by atoms with Gasteiger partial charge in [-0.05, 0) is 37.0 Å². The molecule has 1 amide bonds. The molecule has 3 rings (SSSR count). The van der Waals surface area contributed by atoms with Gasteiger partial charge in [0.15, 0.2) is 0 Å². The molecule has 1 aliphatic carbocycles. The summed E-state index contributed by atoms with van der Waals surface area (Å²) in [5, 5.41) is 4.40. The Balaban J connectivity index is 1.84. The van der Waals surface area contributed by atoms with Crippen molar-refractivity contribution in [2.75, 3.05) is 5.32 Å². The Labute approximate surface area is 143 Å². The number of rotatable bonds is 4. The maximum Gasteiger partial charge on any atom is 0.268 e. The van der Waals surface area contributed by atoms with Crippen molar-refractivity contribution in [2.45, 2.75) is 24.8 Å². The number of halogens is 2. The Morgan fingerprint density at radius 3 is 2.39 bits per heavy atom. The minimum atomic E-state index is -0.431. The van der Waals surface area contributed by atoms with E-state index in [0.717, 1.165) is 24.8 Å². The maximum absolute atomic E-state index is 11.4. The van der Waals surface area contributed by atoms with Gasteiger partial charge in [-0.1, -0.05) is 29.3 Å². The molecule has 6 nitrogen and oxygen atoms in total. The second kappa shape index (κ2) is 6.31. The SMILES string of the molecule is NNC(=O)c1cnc(NC2(c3ccc(Cl)c(Cl)c3)CCC2)nc1. The lowest BCUT2D eigenvalue weighted by molar-refractivity contribution is 0.0953. The summed E-state index contributed by atoms with van der Waals surface area (Å²) in [7, 11) is 0. The number of nitrogens with one attached hydrogen (secondary N) is 2. The lowest BCUT2D eigenvalue weighted by atomic mass is 9.72. The van der Waals surface area contributed by atoms with Crippen LogP contribution >= 0.6 is 23.2 Å². The highest BCUT2D eigenvalue weighted by molar-refractivity contribution is 6.42. The molecule has 1 aromatic heterocycles. The molecular formula is C15H15Cl2N5O. The summed E-state index contributed by atoms with van der Waals surface area (Å²) in [4.78, 5) is 19.8. The highest BCUT2D eigenvalue weighted by Crippen LogP contribution is 2.44. The Morgan fingerprint density at radius 2 is 1.87 bits per heavy atom. The van der Waals surface area contributed by atoms with Crippen LogP contribution in [0.3, 0.4) is 0 Å². The molecule has 4 N–H and O–H groups in total. The Kier molecular flexibility index (Phi) is 4.39. The van der Waals surface area contributed by atoms with Crippen LogP contribution in [0.25, 0.3) is 0 Å². The van der Waals surface area contributed by atoms with E-state index < -0.39 is 5.91 Å². The van der Waals surface area contributed by atoms with E-state index in [-0.39, 0.29) is 5.54 Å². The molecule has 1 aromatic carbocycles. The van der Waals surface area contributed by atoms with Crippen molar-refractivity contribution >= 4 is 35.1 Å². The number of anilines is 1. The van der Waals surface area contributed by atoms with E-state index in [0.29, 0.717) is 21.6 Å². The van der Waals surface area contributed by atoms with Crippen LogP contribution in [0.1, 0.15) is 35.2 Å². The second-order valence-electron chi connectivity index (χ2n) is 5.46. The van der Waals surface area contributed by atoms with Crippen molar-refractivity contribution in [1.29, 1.82) is 0 Å². The Morgan fingerprint density at radius 1 is 1.17 bits per heavy atom. The van der Waals surface area contributed by atoms with Crippen LogP contribution in [0.15, 0.2) is 30.6 Å². The van der Waals surface area contributed by atoms with Crippen LogP contribution in [0, 0.1) is 0 Å². The first-order chi connectivity index (χ1) is 11.0. The van der Waals surface area contributed by atoms with Crippen molar-refractivity contribution in [3.8, 4) is 0 Å². The van der Waals surface area contributed by atoms with Gasteiger partial charge in [-0.25, -0.2) is 15.8 Å². The number of hydrogen-bond donors (Lipinski definition) is 3. The van der Waals surface area contributed by atoms with E-state index in [1.165, 1.54) is 12.4 Å². The van der Waals surface area contributed by atoms with Gasteiger partial charge in [0.2, 0.25) is 5.95 Å². The van der Waals surface area contributed by atoms with Crippen LogP contribution < -0.4 is 16.6 Å². The summed E-state index contributed by atoms with van der Waals surface area (Å²) in [5.74, 6) is 5.10. The first kappa shape index (κ1) is 16.0. The van der Waals surface area contributed by atoms with Crippen LogP contribution in [-0.2, 0) is 5.54 Å². The summed E-state index contributed by atoms with van der Waals surface area (Å²) in [6.07, 6.45) is 5.84. The number of amides is 1. The first-order valence-corrected chi connectivity index (χ1v) is 7.86. The lowest BCUT2D eigenvalue weighted by Gasteiger charge is -2.43. The van der Waals surface area contributed by atoms with Crippen molar-refractivity contribution in [3.05, 3.63) is 51.8 Å². The lowest BCUT2D eigenvalue weighted by Crippen LogP contribution is -2.42. The number of hydrazine groups is 1. The normalized spacial score (nSPS) is 15.6. The van der Waals surface area contributed by atoms with Gasteiger partial charge in [0, 0.05) is 12.4 Å². The van der Waals surface area contributed by atoms with Gasteiger partial charge in [-0.15, -0.1) is 0 Å². The van der Waals surface area contributed by atoms with E-state index in [1.54, 1.807) is 6.07 Å². The van der Waals surface area contributed by atoms with E-state index in [9.17, 15) is 4.79 Å². The fraction of sp³-hybridized carbons (Fsp3) is 0.267. The number of aromatic nitrogens is 2. The standard InChI is InChI=1S/C15H15Cl2N5O/c16-11-3-2-10(6-12(11)17)15(4-1-5-15)21-14-19-7-9(8-20-14)13(23)22-18/h2-3,6-8H,1,4-5,18H2,(H,22,23)(H,19,20,21). The van der Waals surface area contributed by atoms with Crippen molar-refractivity contribution in [1.82, 2.24) is 15.4 Å². The molecule has 0 atom stereocenters. The highest BCUT2D eigenvalue weighted by atomic mass is 35.5. The first-order valence-electron chi connectivity index (χ1n) is 7.11. The van der Waals surface area contributed by atoms with Crippen molar-refractivity contribution < 1.29 is 4.79 Å². The molecule has 0 radical (unpaired) electrons. The number of carbonyl (C=O) groups excluding carboxylic acids is 1. The van der Waals surface area contributed by atoms with Gasteiger partial charge >= 0.3 is 0 Å². The highest BCUT2D eigenvalue weighted by Gasteiger charge is 2.39. The third-order valence-electron chi connectivity index (χ3n) is 4.08. The monoisotopic (exact) mass is 351 g/mol. The zero-order chi connectivity index (χ0) is 16.4. The van der Waals surface area contributed by atoms with E-state index >= 15 is 0 Å². The molecular weight excluding hydrogens is 337 g/mol. The molecule has 120 valence electrons. The average Bonchev–Trinajstić information content (AvgIpc) is 2.53. The molecule has 1 fully saturated rings. The van der Waals surface area contributed by atoms with Crippen molar-refractivity contribution in [3.63, 3.8) is 0 Å². The molecule has 8 heteroatoms. The number of nitrogens with zero attached hydrogens (tertiary/aromatic N) is 2. The number of carbonyl (C=O) groups is 1. The molecule has 0 bridgehead atoms. The molecule has 1 heterocycles. The summed E-state index contributed by atoms with van der Waals surface area (Å²) in [6.45, 7) is 0. The van der Waals surface area contributed by atoms with Gasteiger partial charge in [0.1, 0.15) is 0 Å². The second-order valence-corrected chi connectivity index (χ2v) is 6.27. The largest absolute Gasteiger partial charge is 0.345 e. The molecule has 1 saturated carbocycles. The summed E-state index contributed by atoms with van der Waals surface area (Å²) in [6, 6.07) is 5.61. The summed E-state index contributed by atoms with van der Waals surface area (Å²) < 4.78 is 0. The van der Waals surface area contributed by atoms with Gasteiger partial charge < -0.3 is 5.32 Å². The van der Waals surface area contributed by atoms with E-state index in [4.69, 9.17) is 29.0 Å². The number of nitrogens with two attached hydrogens (primary N) is 1.